The van der Waals surface area contributed by atoms with Crippen molar-refractivity contribution in [2.45, 2.75) is 16.9 Å². The van der Waals surface area contributed by atoms with Crippen molar-refractivity contribution < 1.29 is 4.52 Å². The molecule has 2 aromatic rings. The van der Waals surface area contributed by atoms with Gasteiger partial charge in [0.25, 0.3) is 0 Å². The quantitative estimate of drug-likeness (QED) is 0.927. The van der Waals surface area contributed by atoms with Gasteiger partial charge in [0, 0.05) is 17.2 Å². The summed E-state index contributed by atoms with van der Waals surface area (Å²) in [5.41, 5.74) is 7.34. The number of thioether (sulfide) groups is 1. The van der Waals surface area contributed by atoms with Gasteiger partial charge in [-0.3, -0.25) is 0 Å². The maximum absolute atomic E-state index is 6.07. The van der Waals surface area contributed by atoms with E-state index in [0.29, 0.717) is 18.3 Å². The summed E-state index contributed by atoms with van der Waals surface area (Å²) < 4.78 is 5.44. The van der Waals surface area contributed by atoms with Gasteiger partial charge in [-0.15, -0.1) is 11.8 Å². The lowest BCUT2D eigenvalue weighted by Gasteiger charge is -2.13. The van der Waals surface area contributed by atoms with Gasteiger partial charge in [-0.25, -0.2) is 0 Å². The van der Waals surface area contributed by atoms with Crippen molar-refractivity contribution in [3.63, 3.8) is 0 Å². The predicted molar refractivity (Wildman–Crippen MR) is 78.8 cm³/mol. The van der Waals surface area contributed by atoms with Crippen LogP contribution in [0.15, 0.2) is 33.7 Å². The number of benzene rings is 1. The molecular formula is C14H18N4OS. The number of aromatic nitrogens is 2. The normalized spacial score (nSPS) is 19.3. The molecule has 0 saturated heterocycles. The molecule has 5 nitrogen and oxygen atoms in total. The molecule has 6 heteroatoms. The molecule has 2 unspecified atom stereocenters. The molecule has 0 fully saturated rings. The smallest absolute Gasteiger partial charge is 0.235 e. The number of likely N-dealkylation sites (N-methyl/N-ethyl adjacent to an activating group) is 1. The molecule has 1 aliphatic heterocycles. The summed E-state index contributed by atoms with van der Waals surface area (Å²) in [6.45, 7) is 0.703. The topological polar surface area (TPSA) is 68.2 Å². The van der Waals surface area contributed by atoms with Gasteiger partial charge in [-0.1, -0.05) is 23.4 Å². The molecule has 1 aromatic heterocycles. The van der Waals surface area contributed by atoms with E-state index in [1.54, 1.807) is 0 Å². The Morgan fingerprint density at radius 1 is 1.45 bits per heavy atom. The average molecular weight is 290 g/mol. The molecule has 0 aliphatic carbocycles. The van der Waals surface area contributed by atoms with Crippen LogP contribution in [0.1, 0.15) is 29.2 Å². The van der Waals surface area contributed by atoms with Crippen LogP contribution in [0.3, 0.4) is 0 Å². The number of rotatable bonds is 4. The van der Waals surface area contributed by atoms with Gasteiger partial charge in [0.2, 0.25) is 5.89 Å². The molecule has 0 spiro atoms. The van der Waals surface area contributed by atoms with Crippen LogP contribution < -0.4 is 5.73 Å². The Bertz CT molecular complexity index is 598. The van der Waals surface area contributed by atoms with Gasteiger partial charge in [0.15, 0.2) is 5.82 Å². The Labute approximate surface area is 122 Å². The minimum Gasteiger partial charge on any atom is -0.339 e. The zero-order valence-electron chi connectivity index (χ0n) is 11.6. The van der Waals surface area contributed by atoms with Crippen LogP contribution in [0.25, 0.3) is 0 Å². The van der Waals surface area contributed by atoms with E-state index in [2.05, 4.69) is 28.3 Å². The molecule has 0 saturated carbocycles. The van der Waals surface area contributed by atoms with Crippen LogP contribution in [0.2, 0.25) is 0 Å². The van der Waals surface area contributed by atoms with Crippen molar-refractivity contribution in [3.05, 3.63) is 41.5 Å². The lowest BCUT2D eigenvalue weighted by atomic mass is 10.0. The molecule has 2 heterocycles. The summed E-state index contributed by atoms with van der Waals surface area (Å²) in [6, 6.07) is 8.15. The minimum atomic E-state index is -0.216. The van der Waals surface area contributed by atoms with Gasteiger partial charge in [0.1, 0.15) is 0 Å². The molecular weight excluding hydrogens is 272 g/mol. The SMILES string of the molecule is CN(C)CC(N)c1noc(C2CSc3ccccc32)n1. The summed E-state index contributed by atoms with van der Waals surface area (Å²) >= 11 is 1.83. The Balaban J connectivity index is 1.81. The van der Waals surface area contributed by atoms with Gasteiger partial charge in [-0.05, 0) is 25.7 Å². The van der Waals surface area contributed by atoms with Crippen molar-refractivity contribution in [2.24, 2.45) is 5.73 Å². The van der Waals surface area contributed by atoms with Crippen molar-refractivity contribution in [3.8, 4) is 0 Å². The summed E-state index contributed by atoms with van der Waals surface area (Å²) in [5.74, 6) is 2.39. The minimum absolute atomic E-state index is 0.184. The first kappa shape index (κ1) is 13.6. The van der Waals surface area contributed by atoms with Gasteiger partial charge < -0.3 is 15.2 Å². The zero-order valence-corrected chi connectivity index (χ0v) is 12.4. The van der Waals surface area contributed by atoms with E-state index < -0.39 is 0 Å². The number of fused-ring (bicyclic) bond motifs is 1. The molecule has 20 heavy (non-hydrogen) atoms. The van der Waals surface area contributed by atoms with Gasteiger partial charge in [0.05, 0.1) is 12.0 Å². The summed E-state index contributed by atoms with van der Waals surface area (Å²) in [4.78, 5) is 7.82. The third kappa shape index (κ3) is 2.59. The Hall–Kier alpha value is -1.37. The van der Waals surface area contributed by atoms with Crippen LogP contribution in [-0.4, -0.2) is 41.4 Å². The highest BCUT2D eigenvalue weighted by Crippen LogP contribution is 2.42. The van der Waals surface area contributed by atoms with Gasteiger partial charge in [-0.2, -0.15) is 4.98 Å². The monoisotopic (exact) mass is 290 g/mol. The van der Waals surface area contributed by atoms with Crippen molar-refractivity contribution >= 4 is 11.8 Å². The first-order valence-corrected chi connectivity index (χ1v) is 7.59. The maximum atomic E-state index is 6.07. The summed E-state index contributed by atoms with van der Waals surface area (Å²) in [6.07, 6.45) is 0. The van der Waals surface area contributed by atoms with E-state index >= 15 is 0 Å². The number of hydrogen-bond donors (Lipinski definition) is 1. The molecule has 106 valence electrons. The number of nitrogens with zero attached hydrogens (tertiary/aromatic N) is 3. The predicted octanol–water partition coefficient (Wildman–Crippen LogP) is 1.87. The van der Waals surface area contributed by atoms with Crippen LogP contribution >= 0.6 is 11.8 Å². The lowest BCUT2D eigenvalue weighted by molar-refractivity contribution is 0.344. The average Bonchev–Trinajstić information content (AvgIpc) is 3.04. The molecule has 1 aliphatic rings. The first-order valence-electron chi connectivity index (χ1n) is 6.60. The fourth-order valence-corrected chi connectivity index (χ4v) is 3.60. The number of nitrogens with two attached hydrogens (primary N) is 1. The Morgan fingerprint density at radius 3 is 3.05 bits per heavy atom. The molecule has 1 aromatic carbocycles. The Kier molecular flexibility index (Phi) is 3.78. The second-order valence-corrected chi connectivity index (χ2v) is 6.32. The number of hydrogen-bond acceptors (Lipinski definition) is 6. The van der Waals surface area contributed by atoms with E-state index in [4.69, 9.17) is 10.3 Å². The van der Waals surface area contributed by atoms with Crippen LogP contribution in [0.4, 0.5) is 0 Å². The molecule has 2 N–H and O–H groups in total. The standard InChI is InChI=1S/C14H18N4OS/c1-18(2)7-11(15)13-16-14(19-17-13)10-8-20-12-6-4-3-5-9(10)12/h3-6,10-11H,7-8,15H2,1-2H3. The van der Waals surface area contributed by atoms with Crippen LogP contribution in [0, 0.1) is 0 Å². The second kappa shape index (κ2) is 5.55. The van der Waals surface area contributed by atoms with Gasteiger partial charge >= 0.3 is 0 Å². The summed E-state index contributed by atoms with van der Waals surface area (Å²) in [7, 11) is 3.95. The fourth-order valence-electron chi connectivity index (χ4n) is 2.38. The fraction of sp³-hybridized carbons (Fsp3) is 0.429. The molecule has 0 bridgehead atoms. The summed E-state index contributed by atoms with van der Waals surface area (Å²) in [5, 5.41) is 4.04. The molecule has 3 rings (SSSR count). The molecule has 0 radical (unpaired) electrons. The lowest BCUT2D eigenvalue weighted by Crippen LogP contribution is -2.26. The highest BCUT2D eigenvalue weighted by atomic mass is 32.2. The van der Waals surface area contributed by atoms with Crippen LogP contribution in [0.5, 0.6) is 0 Å². The van der Waals surface area contributed by atoms with Crippen LogP contribution in [-0.2, 0) is 0 Å². The van der Waals surface area contributed by atoms with E-state index in [-0.39, 0.29) is 12.0 Å². The molecule has 2 atom stereocenters. The Morgan fingerprint density at radius 2 is 2.25 bits per heavy atom. The second-order valence-electron chi connectivity index (χ2n) is 5.26. The third-order valence-corrected chi connectivity index (χ3v) is 4.53. The van der Waals surface area contributed by atoms with Crippen molar-refractivity contribution in [2.75, 3.05) is 26.4 Å². The van der Waals surface area contributed by atoms with Crippen molar-refractivity contribution in [1.82, 2.24) is 15.0 Å². The molecule has 0 amide bonds. The van der Waals surface area contributed by atoms with E-state index in [0.717, 1.165) is 5.75 Å². The van der Waals surface area contributed by atoms with E-state index in [1.165, 1.54) is 10.5 Å². The highest BCUT2D eigenvalue weighted by Gasteiger charge is 2.29. The van der Waals surface area contributed by atoms with Crippen molar-refractivity contribution in [1.29, 1.82) is 0 Å². The highest BCUT2D eigenvalue weighted by molar-refractivity contribution is 7.99. The first-order chi connectivity index (χ1) is 9.65. The third-order valence-electron chi connectivity index (χ3n) is 3.35. The maximum Gasteiger partial charge on any atom is 0.235 e. The largest absolute Gasteiger partial charge is 0.339 e. The van der Waals surface area contributed by atoms with E-state index in [1.807, 2.05) is 36.8 Å². The van der Waals surface area contributed by atoms with E-state index in [9.17, 15) is 0 Å². The zero-order chi connectivity index (χ0) is 14.1.